The average molecular weight is 339 g/mol. The highest BCUT2D eigenvalue weighted by Gasteiger charge is 2.19. The Morgan fingerprint density at radius 2 is 1.96 bits per heavy atom. The number of anilines is 1. The first-order valence-electron chi connectivity index (χ1n) is 8.88. The number of likely N-dealkylation sites (N-methyl/N-ethyl adjacent to an activating group) is 1. The second kappa shape index (κ2) is 8.05. The molecular formula is C19H25N5O. The van der Waals surface area contributed by atoms with Crippen LogP contribution in [-0.2, 0) is 6.42 Å². The molecule has 0 saturated heterocycles. The summed E-state index contributed by atoms with van der Waals surface area (Å²) < 4.78 is 0. The molecule has 2 aromatic heterocycles. The third-order valence-corrected chi connectivity index (χ3v) is 4.62. The van der Waals surface area contributed by atoms with E-state index in [0.717, 1.165) is 31.6 Å². The highest BCUT2D eigenvalue weighted by atomic mass is 16.1. The van der Waals surface area contributed by atoms with Gasteiger partial charge in [0.1, 0.15) is 17.3 Å². The van der Waals surface area contributed by atoms with E-state index in [4.69, 9.17) is 0 Å². The monoisotopic (exact) mass is 339 g/mol. The lowest BCUT2D eigenvalue weighted by Gasteiger charge is -2.19. The summed E-state index contributed by atoms with van der Waals surface area (Å²) >= 11 is 0. The second-order valence-corrected chi connectivity index (χ2v) is 6.64. The number of carbonyl (C=O) groups excluding carboxylic acids is 1. The average Bonchev–Trinajstić information content (AvgIpc) is 3.13. The third kappa shape index (κ3) is 4.75. The molecule has 0 spiro atoms. The molecule has 3 rings (SSSR count). The smallest absolute Gasteiger partial charge is 0.270 e. The van der Waals surface area contributed by atoms with Crippen molar-refractivity contribution in [2.75, 3.05) is 18.5 Å². The Balaban J connectivity index is 1.66. The summed E-state index contributed by atoms with van der Waals surface area (Å²) in [5.41, 5.74) is 1.68. The zero-order valence-corrected chi connectivity index (χ0v) is 14.9. The fourth-order valence-electron chi connectivity index (χ4n) is 3.15. The summed E-state index contributed by atoms with van der Waals surface area (Å²) in [5.74, 6) is 1.30. The minimum absolute atomic E-state index is 0.0961. The molecule has 6 nitrogen and oxygen atoms in total. The zero-order chi connectivity index (χ0) is 17.6. The van der Waals surface area contributed by atoms with Crippen LogP contribution in [0.3, 0.4) is 0 Å². The maximum absolute atomic E-state index is 12.5. The predicted molar refractivity (Wildman–Crippen MR) is 97.7 cm³/mol. The number of aryl methyl sites for hydroxylation is 1. The van der Waals surface area contributed by atoms with Gasteiger partial charge in [0.2, 0.25) is 0 Å². The normalized spacial score (nSPS) is 14.5. The molecule has 2 aromatic rings. The van der Waals surface area contributed by atoms with E-state index in [0.29, 0.717) is 11.5 Å². The highest BCUT2D eigenvalue weighted by molar-refractivity contribution is 5.93. The van der Waals surface area contributed by atoms with E-state index in [1.165, 1.54) is 18.4 Å². The molecule has 1 amide bonds. The summed E-state index contributed by atoms with van der Waals surface area (Å²) in [5, 5.41) is 3.09. The summed E-state index contributed by atoms with van der Waals surface area (Å²) in [6.45, 7) is 2.64. The van der Waals surface area contributed by atoms with E-state index in [2.05, 4.69) is 25.2 Å². The van der Waals surface area contributed by atoms with Crippen LogP contribution in [0.25, 0.3) is 0 Å². The number of hydrogen-bond acceptors (Lipinski definition) is 5. The van der Waals surface area contributed by atoms with Crippen LogP contribution in [0.15, 0.2) is 30.6 Å². The third-order valence-electron chi connectivity index (χ3n) is 4.62. The lowest BCUT2D eigenvalue weighted by Crippen LogP contribution is -2.33. The van der Waals surface area contributed by atoms with Crippen molar-refractivity contribution < 1.29 is 4.79 Å². The topological polar surface area (TPSA) is 71.0 Å². The van der Waals surface area contributed by atoms with Gasteiger partial charge in [-0.2, -0.15) is 0 Å². The molecule has 0 aromatic carbocycles. The Kier molecular flexibility index (Phi) is 5.58. The first kappa shape index (κ1) is 17.3. The SMILES string of the molecule is Cc1nc(C(=O)NC2CCCC2)cc(N(C)CCc2ccncc2)n1. The van der Waals surface area contributed by atoms with Crippen LogP contribution in [0.1, 0.15) is 47.6 Å². The fraction of sp³-hybridized carbons (Fsp3) is 0.474. The Morgan fingerprint density at radius 1 is 1.24 bits per heavy atom. The van der Waals surface area contributed by atoms with Gasteiger partial charge in [0.25, 0.3) is 5.91 Å². The number of rotatable bonds is 6. The van der Waals surface area contributed by atoms with Crippen molar-refractivity contribution >= 4 is 11.7 Å². The molecule has 1 aliphatic rings. The number of amides is 1. The van der Waals surface area contributed by atoms with Crippen molar-refractivity contribution in [2.24, 2.45) is 0 Å². The number of nitrogens with zero attached hydrogens (tertiary/aromatic N) is 4. The molecule has 0 aliphatic heterocycles. The molecule has 2 heterocycles. The molecule has 0 atom stereocenters. The Bertz CT molecular complexity index is 713. The number of aromatic nitrogens is 3. The van der Waals surface area contributed by atoms with Gasteiger partial charge in [-0.05, 0) is 43.9 Å². The Labute approximate surface area is 148 Å². The van der Waals surface area contributed by atoms with Gasteiger partial charge in [0.05, 0.1) is 0 Å². The number of pyridine rings is 1. The maximum atomic E-state index is 12.5. The molecular weight excluding hydrogens is 314 g/mol. The van der Waals surface area contributed by atoms with Gasteiger partial charge >= 0.3 is 0 Å². The van der Waals surface area contributed by atoms with Crippen molar-refractivity contribution in [1.82, 2.24) is 20.3 Å². The Hall–Kier alpha value is -2.50. The van der Waals surface area contributed by atoms with E-state index in [-0.39, 0.29) is 11.9 Å². The first-order chi connectivity index (χ1) is 12.1. The van der Waals surface area contributed by atoms with E-state index in [1.54, 1.807) is 18.5 Å². The second-order valence-electron chi connectivity index (χ2n) is 6.64. The minimum atomic E-state index is -0.0961. The molecule has 132 valence electrons. The fourth-order valence-corrected chi connectivity index (χ4v) is 3.15. The van der Waals surface area contributed by atoms with Crippen molar-refractivity contribution in [3.05, 3.63) is 47.7 Å². The number of hydrogen-bond donors (Lipinski definition) is 1. The molecule has 0 bridgehead atoms. The summed E-state index contributed by atoms with van der Waals surface area (Å²) in [6, 6.07) is 6.10. The lowest BCUT2D eigenvalue weighted by molar-refractivity contribution is 0.0932. The van der Waals surface area contributed by atoms with E-state index in [1.807, 2.05) is 26.1 Å². The largest absolute Gasteiger partial charge is 0.359 e. The van der Waals surface area contributed by atoms with Crippen molar-refractivity contribution in [3.8, 4) is 0 Å². The van der Waals surface area contributed by atoms with Crippen LogP contribution in [0, 0.1) is 6.92 Å². The van der Waals surface area contributed by atoms with Crippen LogP contribution in [0.5, 0.6) is 0 Å². The van der Waals surface area contributed by atoms with Crippen molar-refractivity contribution in [2.45, 2.75) is 45.1 Å². The molecule has 6 heteroatoms. The zero-order valence-electron chi connectivity index (χ0n) is 14.9. The van der Waals surface area contributed by atoms with Gasteiger partial charge < -0.3 is 10.2 Å². The first-order valence-corrected chi connectivity index (χ1v) is 8.88. The molecule has 0 radical (unpaired) electrons. The van der Waals surface area contributed by atoms with Gasteiger partial charge in [-0.25, -0.2) is 9.97 Å². The van der Waals surface area contributed by atoms with Gasteiger partial charge in [0, 0.05) is 38.1 Å². The standard InChI is InChI=1S/C19H25N5O/c1-14-21-17(19(25)23-16-5-3-4-6-16)13-18(22-14)24(2)12-9-15-7-10-20-11-8-15/h7-8,10-11,13,16H,3-6,9,12H2,1-2H3,(H,23,25). The van der Waals surface area contributed by atoms with E-state index < -0.39 is 0 Å². The minimum Gasteiger partial charge on any atom is -0.359 e. The van der Waals surface area contributed by atoms with Crippen molar-refractivity contribution in [1.29, 1.82) is 0 Å². The summed E-state index contributed by atoms with van der Waals surface area (Å²) in [4.78, 5) is 27.4. The van der Waals surface area contributed by atoms with Crippen LogP contribution in [0.4, 0.5) is 5.82 Å². The van der Waals surface area contributed by atoms with Crippen molar-refractivity contribution in [3.63, 3.8) is 0 Å². The molecule has 1 aliphatic carbocycles. The molecule has 0 unspecified atom stereocenters. The Morgan fingerprint density at radius 3 is 2.68 bits per heavy atom. The molecule has 25 heavy (non-hydrogen) atoms. The van der Waals surface area contributed by atoms with E-state index in [9.17, 15) is 4.79 Å². The lowest BCUT2D eigenvalue weighted by atomic mass is 10.2. The highest BCUT2D eigenvalue weighted by Crippen LogP contribution is 2.18. The summed E-state index contributed by atoms with van der Waals surface area (Å²) in [7, 11) is 1.99. The van der Waals surface area contributed by atoms with Crippen LogP contribution in [0.2, 0.25) is 0 Å². The van der Waals surface area contributed by atoms with Crippen LogP contribution in [-0.4, -0.2) is 40.5 Å². The molecule has 1 N–H and O–H groups in total. The molecule has 1 saturated carbocycles. The molecule has 1 fully saturated rings. The van der Waals surface area contributed by atoms with Crippen LogP contribution < -0.4 is 10.2 Å². The maximum Gasteiger partial charge on any atom is 0.270 e. The number of nitrogens with one attached hydrogen (secondary N) is 1. The van der Waals surface area contributed by atoms with Gasteiger partial charge in [0.15, 0.2) is 0 Å². The van der Waals surface area contributed by atoms with Gasteiger partial charge in [-0.1, -0.05) is 12.8 Å². The number of carbonyl (C=O) groups is 1. The van der Waals surface area contributed by atoms with Gasteiger partial charge in [-0.3, -0.25) is 9.78 Å². The van der Waals surface area contributed by atoms with E-state index >= 15 is 0 Å². The van der Waals surface area contributed by atoms with Gasteiger partial charge in [-0.15, -0.1) is 0 Å². The summed E-state index contributed by atoms with van der Waals surface area (Å²) in [6.07, 6.45) is 9.01. The quantitative estimate of drug-likeness (QED) is 0.876. The predicted octanol–water partition coefficient (Wildman–Crippen LogP) is 2.53. The van der Waals surface area contributed by atoms with Crippen LogP contribution >= 0.6 is 0 Å².